The molecule has 2 aromatic rings. The summed E-state index contributed by atoms with van der Waals surface area (Å²) in [4.78, 5) is 23.4. The number of halogens is 1. The van der Waals surface area contributed by atoms with Gasteiger partial charge in [-0.2, -0.15) is 5.10 Å². The van der Waals surface area contributed by atoms with Crippen molar-refractivity contribution in [1.29, 1.82) is 0 Å². The van der Waals surface area contributed by atoms with Crippen LogP contribution in [0.4, 0.5) is 15.8 Å². The number of rotatable bonds is 7. The van der Waals surface area contributed by atoms with Crippen LogP contribution in [0.15, 0.2) is 18.2 Å². The van der Waals surface area contributed by atoms with Gasteiger partial charge < -0.3 is 10.6 Å². The van der Waals surface area contributed by atoms with E-state index >= 15 is 0 Å². The van der Waals surface area contributed by atoms with E-state index in [4.69, 9.17) is 0 Å². The van der Waals surface area contributed by atoms with Crippen LogP contribution in [0.2, 0.25) is 0 Å². The van der Waals surface area contributed by atoms with E-state index in [2.05, 4.69) is 29.6 Å². The maximum atomic E-state index is 13.9. The van der Waals surface area contributed by atoms with Crippen LogP contribution in [0.25, 0.3) is 0 Å². The number of carbonyl (C=O) groups excluding carboxylic acids is 2. The molecule has 0 saturated heterocycles. The van der Waals surface area contributed by atoms with E-state index in [1.165, 1.54) is 25.1 Å². The summed E-state index contributed by atoms with van der Waals surface area (Å²) in [5.74, 6) is -0.611. The predicted octanol–water partition coefficient (Wildman–Crippen LogP) is 3.82. The fourth-order valence-electron chi connectivity index (χ4n) is 2.97. The van der Waals surface area contributed by atoms with Gasteiger partial charge in [-0.25, -0.2) is 4.39 Å². The zero-order valence-electron chi connectivity index (χ0n) is 16.5. The van der Waals surface area contributed by atoms with Crippen LogP contribution in [0.1, 0.15) is 44.1 Å². The Labute approximate surface area is 159 Å². The molecule has 2 rings (SSSR count). The highest BCUT2D eigenvalue weighted by atomic mass is 19.1. The average Bonchev–Trinajstić information content (AvgIpc) is 2.81. The maximum Gasteiger partial charge on any atom is 0.224 e. The second-order valence-corrected chi connectivity index (χ2v) is 7.15. The molecule has 0 aliphatic rings. The zero-order valence-corrected chi connectivity index (χ0v) is 16.5. The van der Waals surface area contributed by atoms with E-state index in [9.17, 15) is 14.0 Å². The van der Waals surface area contributed by atoms with Crippen LogP contribution in [0.5, 0.6) is 0 Å². The molecule has 1 aromatic carbocycles. The molecule has 0 bridgehead atoms. The Kier molecular flexibility index (Phi) is 6.71. The van der Waals surface area contributed by atoms with Gasteiger partial charge in [-0.15, -0.1) is 0 Å². The molecule has 1 heterocycles. The van der Waals surface area contributed by atoms with Crippen LogP contribution < -0.4 is 10.6 Å². The second kappa shape index (κ2) is 8.79. The maximum absolute atomic E-state index is 13.9. The van der Waals surface area contributed by atoms with Gasteiger partial charge in [-0.1, -0.05) is 13.8 Å². The molecule has 2 amide bonds. The monoisotopic (exact) mass is 374 g/mol. The quantitative estimate of drug-likeness (QED) is 0.773. The number of hydrogen-bond donors (Lipinski definition) is 2. The van der Waals surface area contributed by atoms with Crippen LogP contribution in [0, 0.1) is 25.6 Å². The van der Waals surface area contributed by atoms with Crippen molar-refractivity contribution in [2.24, 2.45) is 5.92 Å². The normalized spacial score (nSPS) is 10.9. The summed E-state index contributed by atoms with van der Waals surface area (Å²) in [7, 11) is 0. The SMILES string of the molecule is CC(=O)Nc1ccc(F)c(NC(=O)CCc2c(C)nn(CC(C)C)c2C)c1. The van der Waals surface area contributed by atoms with Gasteiger partial charge in [-0.3, -0.25) is 14.3 Å². The number of nitrogens with zero attached hydrogens (tertiary/aromatic N) is 2. The molecule has 0 spiro atoms. The molecular weight excluding hydrogens is 347 g/mol. The van der Waals surface area contributed by atoms with Crippen molar-refractivity contribution in [1.82, 2.24) is 9.78 Å². The molecule has 1 aromatic heterocycles. The number of carbonyl (C=O) groups is 2. The smallest absolute Gasteiger partial charge is 0.224 e. The van der Waals surface area contributed by atoms with Crippen LogP contribution in [-0.4, -0.2) is 21.6 Å². The van der Waals surface area contributed by atoms with E-state index in [1.54, 1.807) is 0 Å². The van der Waals surface area contributed by atoms with E-state index < -0.39 is 5.82 Å². The van der Waals surface area contributed by atoms with Gasteiger partial charge >= 0.3 is 0 Å². The van der Waals surface area contributed by atoms with Crippen LogP contribution in [0.3, 0.4) is 0 Å². The lowest BCUT2D eigenvalue weighted by Gasteiger charge is -2.10. The first-order chi connectivity index (χ1) is 12.7. The third-order valence-electron chi connectivity index (χ3n) is 4.23. The molecule has 6 nitrogen and oxygen atoms in total. The van der Waals surface area contributed by atoms with Crippen molar-refractivity contribution in [3.8, 4) is 0 Å². The summed E-state index contributed by atoms with van der Waals surface area (Å²) >= 11 is 0. The van der Waals surface area contributed by atoms with Crippen molar-refractivity contribution in [2.45, 2.75) is 54.0 Å². The van der Waals surface area contributed by atoms with Crippen molar-refractivity contribution >= 4 is 23.2 Å². The highest BCUT2D eigenvalue weighted by molar-refractivity contribution is 5.93. The lowest BCUT2D eigenvalue weighted by Crippen LogP contribution is -2.14. The third-order valence-corrected chi connectivity index (χ3v) is 4.23. The molecule has 27 heavy (non-hydrogen) atoms. The number of benzene rings is 1. The molecule has 2 N–H and O–H groups in total. The zero-order chi connectivity index (χ0) is 20.1. The Hall–Kier alpha value is -2.70. The number of amides is 2. The van der Waals surface area contributed by atoms with Crippen molar-refractivity contribution in [3.63, 3.8) is 0 Å². The van der Waals surface area contributed by atoms with Gasteiger partial charge in [0.05, 0.1) is 11.4 Å². The molecule has 0 radical (unpaired) electrons. The average molecular weight is 374 g/mol. The first-order valence-electron chi connectivity index (χ1n) is 9.07. The summed E-state index contributed by atoms with van der Waals surface area (Å²) in [6.45, 7) is 10.4. The van der Waals surface area contributed by atoms with Crippen LogP contribution in [-0.2, 0) is 22.6 Å². The van der Waals surface area contributed by atoms with Gasteiger partial charge in [0.25, 0.3) is 0 Å². The van der Waals surface area contributed by atoms with Gasteiger partial charge in [0.1, 0.15) is 5.82 Å². The number of aryl methyl sites for hydroxylation is 1. The number of hydrogen-bond acceptors (Lipinski definition) is 3. The summed E-state index contributed by atoms with van der Waals surface area (Å²) < 4.78 is 15.9. The molecule has 0 aliphatic carbocycles. The molecule has 0 saturated carbocycles. The topological polar surface area (TPSA) is 76.0 Å². The van der Waals surface area contributed by atoms with Gasteiger partial charge in [0, 0.05) is 31.3 Å². The minimum absolute atomic E-state index is 0.0511. The van der Waals surface area contributed by atoms with Crippen molar-refractivity contribution in [3.05, 3.63) is 41.0 Å². The molecule has 0 fully saturated rings. The Morgan fingerprint density at radius 1 is 1.22 bits per heavy atom. The minimum Gasteiger partial charge on any atom is -0.326 e. The number of anilines is 2. The van der Waals surface area contributed by atoms with Crippen molar-refractivity contribution < 1.29 is 14.0 Å². The van der Waals surface area contributed by atoms with E-state index in [0.717, 1.165) is 23.5 Å². The van der Waals surface area contributed by atoms with E-state index in [-0.39, 0.29) is 23.9 Å². The first-order valence-corrected chi connectivity index (χ1v) is 9.07. The molecule has 0 atom stereocenters. The highest BCUT2D eigenvalue weighted by Crippen LogP contribution is 2.21. The summed E-state index contributed by atoms with van der Waals surface area (Å²) in [6, 6.07) is 4.07. The van der Waals surface area contributed by atoms with Crippen LogP contribution >= 0.6 is 0 Å². The largest absolute Gasteiger partial charge is 0.326 e. The number of aromatic nitrogens is 2. The minimum atomic E-state index is -0.547. The second-order valence-electron chi connectivity index (χ2n) is 7.15. The Bertz CT molecular complexity index is 843. The highest BCUT2D eigenvalue weighted by Gasteiger charge is 2.15. The van der Waals surface area contributed by atoms with Gasteiger partial charge in [0.2, 0.25) is 11.8 Å². The van der Waals surface area contributed by atoms with E-state index in [1.807, 2.05) is 18.5 Å². The molecule has 7 heteroatoms. The fourth-order valence-corrected chi connectivity index (χ4v) is 2.97. The van der Waals surface area contributed by atoms with E-state index in [0.29, 0.717) is 18.0 Å². The third kappa shape index (κ3) is 5.64. The standard InChI is InChI=1S/C20H27FN4O2/c1-12(2)11-25-14(4)17(13(3)24-25)7-9-20(27)23-19-10-16(22-15(5)26)6-8-18(19)21/h6,8,10,12H,7,9,11H2,1-5H3,(H,22,26)(H,23,27). The summed E-state index contributed by atoms with van der Waals surface area (Å²) in [5.41, 5.74) is 3.52. The predicted molar refractivity (Wildman–Crippen MR) is 104 cm³/mol. The lowest BCUT2D eigenvalue weighted by molar-refractivity contribution is -0.116. The molecule has 0 aliphatic heterocycles. The molecule has 0 unspecified atom stereocenters. The Morgan fingerprint density at radius 3 is 2.56 bits per heavy atom. The Balaban J connectivity index is 2.03. The molecular formula is C20H27FN4O2. The van der Waals surface area contributed by atoms with Crippen molar-refractivity contribution in [2.75, 3.05) is 10.6 Å². The van der Waals surface area contributed by atoms with Gasteiger partial charge in [-0.05, 0) is 49.9 Å². The summed E-state index contributed by atoms with van der Waals surface area (Å²) in [6.07, 6.45) is 0.757. The lowest BCUT2D eigenvalue weighted by atomic mass is 10.1. The summed E-state index contributed by atoms with van der Waals surface area (Å²) in [5, 5.41) is 9.70. The Morgan fingerprint density at radius 2 is 1.93 bits per heavy atom. The fraction of sp³-hybridized carbons (Fsp3) is 0.450. The molecule has 146 valence electrons. The number of nitrogens with one attached hydrogen (secondary N) is 2. The van der Waals surface area contributed by atoms with Gasteiger partial charge in [0.15, 0.2) is 0 Å². The first kappa shape index (κ1) is 20.6.